The van der Waals surface area contributed by atoms with Gasteiger partial charge in [-0.3, -0.25) is 9.59 Å². The molecule has 29 heavy (non-hydrogen) atoms. The van der Waals surface area contributed by atoms with E-state index in [1.807, 2.05) is 30.3 Å². The first-order valence-electron chi connectivity index (χ1n) is 9.69. The maximum absolute atomic E-state index is 12.7. The van der Waals surface area contributed by atoms with Crippen LogP contribution in [-0.4, -0.2) is 30.9 Å². The quantitative estimate of drug-likeness (QED) is 0.672. The van der Waals surface area contributed by atoms with Crippen LogP contribution in [0.4, 0.5) is 5.69 Å². The first kappa shape index (κ1) is 18.9. The highest BCUT2D eigenvalue weighted by molar-refractivity contribution is 5.99. The lowest BCUT2D eigenvalue weighted by molar-refractivity contribution is 0.0902. The van der Waals surface area contributed by atoms with Crippen molar-refractivity contribution in [3.8, 4) is 0 Å². The number of furan rings is 2. The van der Waals surface area contributed by atoms with E-state index in [0.717, 1.165) is 31.6 Å². The van der Waals surface area contributed by atoms with Gasteiger partial charge in [0, 0.05) is 24.8 Å². The molecule has 1 saturated heterocycles. The lowest BCUT2D eigenvalue weighted by atomic mass is 10.0. The molecule has 4 rings (SSSR count). The molecule has 2 N–H and O–H groups in total. The second kappa shape index (κ2) is 8.68. The molecule has 1 aliphatic rings. The molecule has 3 aromatic rings. The summed E-state index contributed by atoms with van der Waals surface area (Å²) in [5.74, 6) is 0.714. The van der Waals surface area contributed by atoms with Gasteiger partial charge in [0.15, 0.2) is 5.76 Å². The predicted molar refractivity (Wildman–Crippen MR) is 108 cm³/mol. The maximum atomic E-state index is 12.7. The summed E-state index contributed by atoms with van der Waals surface area (Å²) < 4.78 is 10.4. The van der Waals surface area contributed by atoms with Gasteiger partial charge in [0.2, 0.25) is 0 Å². The Hall–Kier alpha value is -3.48. The van der Waals surface area contributed by atoms with Gasteiger partial charge < -0.3 is 24.4 Å². The van der Waals surface area contributed by atoms with E-state index in [1.54, 1.807) is 24.5 Å². The molecule has 0 spiro atoms. The molecule has 0 saturated carbocycles. The van der Waals surface area contributed by atoms with Crippen LogP contribution in [-0.2, 0) is 6.54 Å². The average molecular weight is 393 g/mol. The molecular weight excluding hydrogens is 370 g/mol. The van der Waals surface area contributed by atoms with Crippen molar-refractivity contribution in [3.05, 3.63) is 78.1 Å². The zero-order valence-corrected chi connectivity index (χ0v) is 16.0. The fraction of sp³-hybridized carbons (Fsp3) is 0.273. The fourth-order valence-corrected chi connectivity index (χ4v) is 3.55. The Morgan fingerprint density at radius 2 is 1.69 bits per heavy atom. The van der Waals surface area contributed by atoms with Crippen LogP contribution in [0.5, 0.6) is 0 Å². The molecule has 0 atom stereocenters. The van der Waals surface area contributed by atoms with Gasteiger partial charge in [-0.15, -0.1) is 0 Å². The van der Waals surface area contributed by atoms with Gasteiger partial charge in [-0.2, -0.15) is 0 Å². The Bertz CT molecular complexity index is 942. The Morgan fingerprint density at radius 3 is 2.41 bits per heavy atom. The summed E-state index contributed by atoms with van der Waals surface area (Å²) in [4.78, 5) is 27.0. The van der Waals surface area contributed by atoms with E-state index in [9.17, 15) is 9.59 Å². The number of rotatable bonds is 6. The van der Waals surface area contributed by atoms with Crippen molar-refractivity contribution in [2.45, 2.75) is 25.4 Å². The number of hydrogen-bond donors (Lipinski definition) is 2. The SMILES string of the molecule is O=C(NC1CCN(c2ccccc2C(=O)NCc2ccco2)CC1)c1ccco1. The van der Waals surface area contributed by atoms with Crippen LogP contribution in [0.25, 0.3) is 0 Å². The van der Waals surface area contributed by atoms with Crippen LogP contribution >= 0.6 is 0 Å². The second-order valence-corrected chi connectivity index (χ2v) is 6.99. The molecule has 1 aliphatic heterocycles. The molecule has 0 bridgehead atoms. The summed E-state index contributed by atoms with van der Waals surface area (Å²) in [7, 11) is 0. The molecule has 150 valence electrons. The molecule has 0 aliphatic carbocycles. The summed E-state index contributed by atoms with van der Waals surface area (Å²) in [6.07, 6.45) is 4.68. The van der Waals surface area contributed by atoms with Gasteiger partial charge in [0.1, 0.15) is 5.76 Å². The number of para-hydroxylation sites is 1. The van der Waals surface area contributed by atoms with E-state index in [-0.39, 0.29) is 17.9 Å². The molecule has 1 aromatic carbocycles. The number of nitrogens with zero attached hydrogens (tertiary/aromatic N) is 1. The summed E-state index contributed by atoms with van der Waals surface area (Å²) >= 11 is 0. The van der Waals surface area contributed by atoms with Gasteiger partial charge in [0.25, 0.3) is 11.8 Å². The Morgan fingerprint density at radius 1 is 0.931 bits per heavy atom. The minimum atomic E-state index is -0.189. The smallest absolute Gasteiger partial charge is 0.287 e. The topological polar surface area (TPSA) is 87.7 Å². The molecule has 1 fully saturated rings. The normalized spacial score (nSPS) is 14.6. The third kappa shape index (κ3) is 4.51. The van der Waals surface area contributed by atoms with Crippen molar-refractivity contribution in [1.29, 1.82) is 0 Å². The van der Waals surface area contributed by atoms with Crippen LogP contribution in [0.3, 0.4) is 0 Å². The van der Waals surface area contributed by atoms with E-state index in [2.05, 4.69) is 15.5 Å². The van der Waals surface area contributed by atoms with Crippen LogP contribution in [0.2, 0.25) is 0 Å². The van der Waals surface area contributed by atoms with Crippen molar-refractivity contribution in [2.75, 3.05) is 18.0 Å². The van der Waals surface area contributed by atoms with Crippen molar-refractivity contribution in [3.63, 3.8) is 0 Å². The van der Waals surface area contributed by atoms with Gasteiger partial charge in [-0.05, 0) is 49.2 Å². The van der Waals surface area contributed by atoms with Crippen molar-refractivity contribution < 1.29 is 18.4 Å². The number of benzene rings is 1. The third-order valence-corrected chi connectivity index (χ3v) is 5.07. The van der Waals surface area contributed by atoms with E-state index < -0.39 is 0 Å². The molecule has 0 unspecified atom stereocenters. The number of anilines is 1. The maximum Gasteiger partial charge on any atom is 0.287 e. The minimum absolute atomic E-state index is 0.0868. The highest BCUT2D eigenvalue weighted by Crippen LogP contribution is 2.24. The van der Waals surface area contributed by atoms with Gasteiger partial charge in [-0.1, -0.05) is 12.1 Å². The zero-order valence-electron chi connectivity index (χ0n) is 16.0. The first-order chi connectivity index (χ1) is 14.2. The molecule has 7 nitrogen and oxygen atoms in total. The molecule has 7 heteroatoms. The third-order valence-electron chi connectivity index (χ3n) is 5.07. The van der Waals surface area contributed by atoms with E-state index in [1.165, 1.54) is 6.26 Å². The van der Waals surface area contributed by atoms with Crippen LogP contribution < -0.4 is 15.5 Å². The average Bonchev–Trinajstić information content (AvgIpc) is 3.47. The fourth-order valence-electron chi connectivity index (χ4n) is 3.55. The van der Waals surface area contributed by atoms with E-state index in [0.29, 0.717) is 23.6 Å². The highest BCUT2D eigenvalue weighted by Gasteiger charge is 2.24. The number of hydrogen-bond acceptors (Lipinski definition) is 5. The van der Waals surface area contributed by atoms with E-state index in [4.69, 9.17) is 8.83 Å². The minimum Gasteiger partial charge on any atom is -0.467 e. The molecule has 0 radical (unpaired) electrons. The van der Waals surface area contributed by atoms with Crippen molar-refractivity contribution in [1.82, 2.24) is 10.6 Å². The lowest BCUT2D eigenvalue weighted by Gasteiger charge is -2.34. The zero-order chi connectivity index (χ0) is 20.1. The summed E-state index contributed by atoms with van der Waals surface area (Å²) in [6, 6.07) is 14.7. The summed E-state index contributed by atoms with van der Waals surface area (Å²) in [5.41, 5.74) is 1.54. The predicted octanol–water partition coefficient (Wildman–Crippen LogP) is 3.20. The number of carbonyl (C=O) groups is 2. The highest BCUT2D eigenvalue weighted by atomic mass is 16.3. The number of carbonyl (C=O) groups excluding carboxylic acids is 2. The van der Waals surface area contributed by atoms with Gasteiger partial charge in [0.05, 0.1) is 24.6 Å². The largest absolute Gasteiger partial charge is 0.467 e. The second-order valence-electron chi connectivity index (χ2n) is 6.99. The summed E-state index contributed by atoms with van der Waals surface area (Å²) in [6.45, 7) is 1.86. The van der Waals surface area contributed by atoms with Crippen LogP contribution in [0, 0.1) is 0 Å². The molecular formula is C22H23N3O4. The van der Waals surface area contributed by atoms with Crippen LogP contribution in [0.15, 0.2) is 69.9 Å². The molecule has 3 heterocycles. The number of piperidine rings is 1. The standard InChI is InChI=1S/C22H23N3O4/c26-21(23-15-17-5-3-13-28-17)18-6-1-2-7-19(18)25-11-9-16(10-12-25)24-22(27)20-8-4-14-29-20/h1-8,13-14,16H,9-12,15H2,(H,23,26)(H,24,27). The molecule has 2 amide bonds. The number of amides is 2. The van der Waals surface area contributed by atoms with Crippen molar-refractivity contribution >= 4 is 17.5 Å². The summed E-state index contributed by atoms with van der Waals surface area (Å²) in [5, 5.41) is 5.92. The van der Waals surface area contributed by atoms with Gasteiger partial charge >= 0.3 is 0 Å². The molecule has 2 aromatic heterocycles. The Kier molecular flexibility index (Phi) is 5.65. The van der Waals surface area contributed by atoms with Crippen LogP contribution in [0.1, 0.15) is 39.5 Å². The Balaban J connectivity index is 1.36. The van der Waals surface area contributed by atoms with Gasteiger partial charge in [-0.25, -0.2) is 0 Å². The monoisotopic (exact) mass is 393 g/mol. The number of nitrogens with one attached hydrogen (secondary N) is 2. The van der Waals surface area contributed by atoms with E-state index >= 15 is 0 Å². The van der Waals surface area contributed by atoms with Crippen molar-refractivity contribution in [2.24, 2.45) is 0 Å². The first-order valence-corrected chi connectivity index (χ1v) is 9.69. The Labute approximate surface area is 168 Å². The lowest BCUT2D eigenvalue weighted by Crippen LogP contribution is -2.45.